The first-order chi connectivity index (χ1) is 9.84. The molecule has 1 amide bonds. The molecule has 0 bridgehead atoms. The summed E-state index contributed by atoms with van der Waals surface area (Å²) in [6.07, 6.45) is 5.97. The smallest absolute Gasteiger partial charge is 0.225 e. The van der Waals surface area contributed by atoms with Crippen molar-refractivity contribution in [3.05, 3.63) is 48.7 Å². The minimum atomic E-state index is -0.0876. The number of morpholine rings is 1. The lowest BCUT2D eigenvalue weighted by Crippen LogP contribution is -2.41. The van der Waals surface area contributed by atoms with Crippen molar-refractivity contribution in [1.29, 1.82) is 0 Å². The van der Waals surface area contributed by atoms with E-state index in [0.29, 0.717) is 32.7 Å². The van der Waals surface area contributed by atoms with Gasteiger partial charge in [0, 0.05) is 25.5 Å². The summed E-state index contributed by atoms with van der Waals surface area (Å²) in [4.78, 5) is 14.3. The van der Waals surface area contributed by atoms with Gasteiger partial charge in [0.25, 0.3) is 0 Å². The maximum Gasteiger partial charge on any atom is 0.225 e. The molecular weight excluding hydrogens is 256 g/mol. The van der Waals surface area contributed by atoms with E-state index in [0.717, 1.165) is 5.76 Å². The predicted octanol–water partition coefficient (Wildman–Crippen LogP) is 1.92. The van der Waals surface area contributed by atoms with Crippen molar-refractivity contribution < 1.29 is 13.9 Å². The molecule has 1 fully saturated rings. The quantitative estimate of drug-likeness (QED) is 0.855. The molecule has 0 saturated carbocycles. The molecule has 0 radical (unpaired) electrons. The Bertz CT molecular complexity index is 493. The Hall–Kier alpha value is -2.01. The van der Waals surface area contributed by atoms with Gasteiger partial charge in [0.05, 0.1) is 31.9 Å². The third-order valence-corrected chi connectivity index (χ3v) is 3.59. The van der Waals surface area contributed by atoms with E-state index in [1.165, 1.54) is 0 Å². The fraction of sp³-hybridized carbons (Fsp3) is 0.400. The van der Waals surface area contributed by atoms with Gasteiger partial charge in [-0.1, -0.05) is 0 Å². The zero-order valence-electron chi connectivity index (χ0n) is 11.3. The van der Waals surface area contributed by atoms with Gasteiger partial charge in [-0.3, -0.25) is 4.79 Å². The second-order valence-corrected chi connectivity index (χ2v) is 4.86. The number of hydrogen-bond donors (Lipinski definition) is 0. The van der Waals surface area contributed by atoms with Crippen LogP contribution < -0.4 is 0 Å². The van der Waals surface area contributed by atoms with Gasteiger partial charge in [-0.25, -0.2) is 0 Å². The Morgan fingerprint density at radius 2 is 1.95 bits per heavy atom. The summed E-state index contributed by atoms with van der Waals surface area (Å²) in [5, 5.41) is 0. The Morgan fingerprint density at radius 3 is 2.60 bits per heavy atom. The molecule has 2 aromatic rings. The third-order valence-electron chi connectivity index (χ3n) is 3.59. The molecule has 2 aromatic heterocycles. The molecule has 106 valence electrons. The zero-order valence-corrected chi connectivity index (χ0v) is 11.3. The highest BCUT2D eigenvalue weighted by atomic mass is 16.5. The highest BCUT2D eigenvalue weighted by molar-refractivity contribution is 5.77. The third kappa shape index (κ3) is 2.77. The molecule has 1 saturated heterocycles. The second-order valence-electron chi connectivity index (χ2n) is 4.86. The fourth-order valence-electron chi connectivity index (χ4n) is 2.50. The SMILES string of the molecule is O=C(CC(c1ccco1)n1cccc1)N1CCOCC1. The molecule has 3 heterocycles. The van der Waals surface area contributed by atoms with Crippen LogP contribution in [0.15, 0.2) is 47.3 Å². The minimum Gasteiger partial charge on any atom is -0.467 e. The minimum absolute atomic E-state index is 0.0876. The van der Waals surface area contributed by atoms with Gasteiger partial charge >= 0.3 is 0 Å². The van der Waals surface area contributed by atoms with Crippen molar-refractivity contribution in [2.24, 2.45) is 0 Å². The maximum absolute atomic E-state index is 12.4. The molecule has 5 heteroatoms. The fourth-order valence-corrected chi connectivity index (χ4v) is 2.50. The molecule has 0 aromatic carbocycles. The van der Waals surface area contributed by atoms with E-state index in [1.54, 1.807) is 6.26 Å². The van der Waals surface area contributed by atoms with Crippen molar-refractivity contribution in [1.82, 2.24) is 9.47 Å². The standard InChI is InChI=1S/C15H18N2O3/c18-15(17-7-10-19-11-8-17)12-13(14-4-3-9-20-14)16-5-1-2-6-16/h1-6,9,13H,7-8,10-12H2. The number of rotatable bonds is 4. The van der Waals surface area contributed by atoms with Crippen LogP contribution in [0.2, 0.25) is 0 Å². The Kier molecular flexibility index (Phi) is 3.87. The lowest BCUT2D eigenvalue weighted by Gasteiger charge is -2.28. The van der Waals surface area contributed by atoms with Gasteiger partial charge in [0.2, 0.25) is 5.91 Å². The highest BCUT2D eigenvalue weighted by Crippen LogP contribution is 2.23. The molecule has 1 atom stereocenters. The maximum atomic E-state index is 12.4. The molecular formula is C15H18N2O3. The molecule has 1 aliphatic rings. The van der Waals surface area contributed by atoms with Crippen LogP contribution in [0.5, 0.6) is 0 Å². The van der Waals surface area contributed by atoms with E-state index in [2.05, 4.69) is 0 Å². The van der Waals surface area contributed by atoms with Crippen molar-refractivity contribution in [3.8, 4) is 0 Å². The number of furan rings is 1. The average molecular weight is 274 g/mol. The van der Waals surface area contributed by atoms with Crippen molar-refractivity contribution in [3.63, 3.8) is 0 Å². The summed E-state index contributed by atoms with van der Waals surface area (Å²) < 4.78 is 12.8. The number of amides is 1. The number of carbonyl (C=O) groups is 1. The van der Waals surface area contributed by atoms with E-state index in [9.17, 15) is 4.79 Å². The highest BCUT2D eigenvalue weighted by Gasteiger charge is 2.24. The van der Waals surface area contributed by atoms with Crippen LogP contribution in [0.1, 0.15) is 18.2 Å². The van der Waals surface area contributed by atoms with Crippen molar-refractivity contribution in [2.75, 3.05) is 26.3 Å². The molecule has 0 spiro atoms. The number of hydrogen-bond acceptors (Lipinski definition) is 3. The van der Waals surface area contributed by atoms with Gasteiger partial charge in [0.1, 0.15) is 5.76 Å². The summed E-state index contributed by atoms with van der Waals surface area (Å²) in [7, 11) is 0. The summed E-state index contributed by atoms with van der Waals surface area (Å²) in [6.45, 7) is 2.60. The lowest BCUT2D eigenvalue weighted by atomic mass is 10.1. The Balaban J connectivity index is 1.75. The average Bonchev–Trinajstić information content (AvgIpc) is 3.19. The first kappa shape index (κ1) is 13.0. The van der Waals surface area contributed by atoms with Gasteiger partial charge < -0.3 is 18.6 Å². The molecule has 20 heavy (non-hydrogen) atoms. The monoisotopic (exact) mass is 274 g/mol. The molecule has 3 rings (SSSR count). The van der Waals surface area contributed by atoms with Crippen LogP contribution in [-0.2, 0) is 9.53 Å². The molecule has 1 aliphatic heterocycles. The van der Waals surface area contributed by atoms with Gasteiger partial charge in [-0.05, 0) is 24.3 Å². The predicted molar refractivity (Wildman–Crippen MR) is 73.3 cm³/mol. The normalized spacial score (nSPS) is 17.1. The van der Waals surface area contributed by atoms with E-state index in [4.69, 9.17) is 9.15 Å². The topological polar surface area (TPSA) is 47.6 Å². The zero-order chi connectivity index (χ0) is 13.8. The number of carbonyl (C=O) groups excluding carboxylic acids is 1. The van der Waals surface area contributed by atoms with Crippen LogP contribution in [-0.4, -0.2) is 41.7 Å². The largest absolute Gasteiger partial charge is 0.467 e. The lowest BCUT2D eigenvalue weighted by molar-refractivity contribution is -0.135. The van der Waals surface area contributed by atoms with Crippen LogP contribution in [0.3, 0.4) is 0 Å². The number of aromatic nitrogens is 1. The summed E-state index contributed by atoms with van der Waals surface area (Å²) >= 11 is 0. The van der Waals surface area contributed by atoms with Crippen molar-refractivity contribution in [2.45, 2.75) is 12.5 Å². The summed E-state index contributed by atoms with van der Waals surface area (Å²) in [5.74, 6) is 0.950. The van der Waals surface area contributed by atoms with E-state index in [1.807, 2.05) is 46.1 Å². The first-order valence-electron chi connectivity index (χ1n) is 6.86. The Morgan fingerprint density at radius 1 is 1.20 bits per heavy atom. The van der Waals surface area contributed by atoms with Crippen molar-refractivity contribution >= 4 is 5.91 Å². The van der Waals surface area contributed by atoms with E-state index >= 15 is 0 Å². The van der Waals surface area contributed by atoms with Crippen LogP contribution in [0.4, 0.5) is 0 Å². The van der Waals surface area contributed by atoms with Crippen LogP contribution in [0.25, 0.3) is 0 Å². The van der Waals surface area contributed by atoms with Gasteiger partial charge in [-0.2, -0.15) is 0 Å². The first-order valence-corrected chi connectivity index (χ1v) is 6.86. The molecule has 5 nitrogen and oxygen atoms in total. The Labute approximate surface area is 117 Å². The van der Waals surface area contributed by atoms with Gasteiger partial charge in [0.15, 0.2) is 0 Å². The molecule has 0 N–H and O–H groups in total. The summed E-state index contributed by atoms with van der Waals surface area (Å²) in [5.41, 5.74) is 0. The summed E-state index contributed by atoms with van der Waals surface area (Å²) in [6, 6.07) is 7.59. The second kappa shape index (κ2) is 5.96. The number of nitrogens with zero attached hydrogens (tertiary/aromatic N) is 2. The van der Waals surface area contributed by atoms with Crippen LogP contribution >= 0.6 is 0 Å². The number of ether oxygens (including phenoxy) is 1. The van der Waals surface area contributed by atoms with E-state index < -0.39 is 0 Å². The van der Waals surface area contributed by atoms with E-state index in [-0.39, 0.29) is 11.9 Å². The molecule has 1 unspecified atom stereocenters. The van der Waals surface area contributed by atoms with Crippen LogP contribution in [0, 0.1) is 0 Å². The molecule has 0 aliphatic carbocycles. The van der Waals surface area contributed by atoms with Gasteiger partial charge in [-0.15, -0.1) is 0 Å².